The molecule has 0 spiro atoms. The van der Waals surface area contributed by atoms with Gasteiger partial charge in [0.05, 0.1) is 5.25 Å². The van der Waals surface area contributed by atoms with Crippen molar-refractivity contribution in [2.24, 2.45) is 10.9 Å². The second-order valence-electron chi connectivity index (χ2n) is 5.09. The first-order chi connectivity index (χ1) is 8.34. The summed E-state index contributed by atoms with van der Waals surface area (Å²) in [6, 6.07) is 0.268. The Bertz CT molecular complexity index is 394. The molecule has 18 heavy (non-hydrogen) atoms. The molecule has 0 bridgehead atoms. The maximum Gasteiger partial charge on any atom is 0.150 e. The van der Waals surface area contributed by atoms with E-state index in [0.717, 1.165) is 19.3 Å². The number of nitrogens with two attached hydrogens (primary N) is 1. The molecule has 0 aromatic rings. The Hall–Kier alpha value is -0.820. The summed E-state index contributed by atoms with van der Waals surface area (Å²) in [5, 5.41) is 11.2. The maximum absolute atomic E-state index is 11.6. The molecule has 1 aliphatic carbocycles. The minimum absolute atomic E-state index is 0.206. The van der Waals surface area contributed by atoms with E-state index in [0.29, 0.717) is 19.4 Å². The van der Waals surface area contributed by atoms with Crippen LogP contribution in [0, 0.1) is 0 Å². The number of nitrogens with zero attached hydrogens (tertiary/aromatic N) is 2. The predicted molar refractivity (Wildman–Crippen MR) is 71.5 cm³/mol. The second-order valence-corrected chi connectivity index (χ2v) is 7.42. The van der Waals surface area contributed by atoms with Gasteiger partial charge >= 0.3 is 0 Å². The fraction of sp³-hybridized carbons (Fsp3) is 0.909. The van der Waals surface area contributed by atoms with Crippen LogP contribution in [0.1, 0.15) is 32.1 Å². The molecule has 7 heteroatoms. The summed E-state index contributed by atoms with van der Waals surface area (Å²) in [6.45, 7) is 0.678. The minimum Gasteiger partial charge on any atom is -0.409 e. The van der Waals surface area contributed by atoms with Gasteiger partial charge in [-0.2, -0.15) is 0 Å². The SMILES string of the molecule is CN(CCC(N)=NO)C1CCCC(S(C)(=O)=O)C1. The van der Waals surface area contributed by atoms with Gasteiger partial charge in [0.2, 0.25) is 0 Å². The molecule has 1 aliphatic rings. The van der Waals surface area contributed by atoms with E-state index in [1.165, 1.54) is 6.26 Å². The largest absolute Gasteiger partial charge is 0.409 e. The molecule has 1 saturated carbocycles. The molecule has 2 atom stereocenters. The van der Waals surface area contributed by atoms with Crippen molar-refractivity contribution in [3.63, 3.8) is 0 Å². The van der Waals surface area contributed by atoms with Gasteiger partial charge in [-0.25, -0.2) is 8.42 Å². The van der Waals surface area contributed by atoms with E-state index in [4.69, 9.17) is 10.9 Å². The molecule has 0 aromatic carbocycles. The van der Waals surface area contributed by atoms with Crippen LogP contribution < -0.4 is 5.73 Å². The molecule has 0 amide bonds. The molecular formula is C11H23N3O3S. The van der Waals surface area contributed by atoms with Crippen molar-refractivity contribution in [3.05, 3.63) is 0 Å². The number of rotatable bonds is 5. The Morgan fingerprint density at radius 1 is 1.50 bits per heavy atom. The molecule has 106 valence electrons. The highest BCUT2D eigenvalue weighted by molar-refractivity contribution is 7.91. The van der Waals surface area contributed by atoms with Gasteiger partial charge in [0.15, 0.2) is 0 Å². The first-order valence-electron chi connectivity index (χ1n) is 6.20. The van der Waals surface area contributed by atoms with Crippen molar-refractivity contribution in [2.75, 3.05) is 19.8 Å². The van der Waals surface area contributed by atoms with Gasteiger partial charge in [0.1, 0.15) is 15.7 Å². The van der Waals surface area contributed by atoms with Crippen molar-refractivity contribution >= 4 is 15.7 Å². The summed E-state index contributed by atoms with van der Waals surface area (Å²) in [7, 11) is -0.985. The van der Waals surface area contributed by atoms with Gasteiger partial charge in [0.25, 0.3) is 0 Å². The van der Waals surface area contributed by atoms with E-state index in [2.05, 4.69) is 10.1 Å². The molecule has 0 saturated heterocycles. The van der Waals surface area contributed by atoms with E-state index < -0.39 is 9.84 Å². The molecule has 2 unspecified atom stereocenters. The van der Waals surface area contributed by atoms with Crippen LogP contribution in [0.15, 0.2) is 5.16 Å². The van der Waals surface area contributed by atoms with Crippen LogP contribution in [-0.4, -0.2) is 55.5 Å². The fourth-order valence-electron chi connectivity index (χ4n) is 2.43. The Balaban J connectivity index is 2.51. The summed E-state index contributed by atoms with van der Waals surface area (Å²) in [5.74, 6) is 0.206. The zero-order chi connectivity index (χ0) is 13.8. The van der Waals surface area contributed by atoms with Crippen LogP contribution in [-0.2, 0) is 9.84 Å². The molecule has 0 heterocycles. The lowest BCUT2D eigenvalue weighted by Crippen LogP contribution is -2.41. The van der Waals surface area contributed by atoms with Crippen LogP contribution in [0.25, 0.3) is 0 Å². The quantitative estimate of drug-likeness (QED) is 0.328. The summed E-state index contributed by atoms with van der Waals surface area (Å²) >= 11 is 0. The lowest BCUT2D eigenvalue weighted by Gasteiger charge is -2.34. The van der Waals surface area contributed by atoms with Crippen molar-refractivity contribution in [2.45, 2.75) is 43.4 Å². The highest BCUT2D eigenvalue weighted by atomic mass is 32.2. The molecule has 6 nitrogen and oxygen atoms in total. The number of amidine groups is 1. The summed E-state index contributed by atoms with van der Waals surface area (Å²) in [4.78, 5) is 2.11. The van der Waals surface area contributed by atoms with Gasteiger partial charge in [-0.1, -0.05) is 11.6 Å². The standard InChI is InChI=1S/C11H23N3O3S/c1-14(7-6-11(12)13-15)9-4-3-5-10(8-9)18(2,16)17/h9-10,15H,3-8H2,1-2H3,(H2,12,13). The summed E-state index contributed by atoms with van der Waals surface area (Å²) in [6.07, 6.45) is 5.22. The number of sulfone groups is 1. The lowest BCUT2D eigenvalue weighted by molar-refractivity contribution is 0.197. The number of hydrogen-bond donors (Lipinski definition) is 2. The molecule has 0 aliphatic heterocycles. The average molecular weight is 277 g/mol. The fourth-order valence-corrected chi connectivity index (χ4v) is 3.60. The smallest absolute Gasteiger partial charge is 0.150 e. The molecule has 3 N–H and O–H groups in total. The van der Waals surface area contributed by atoms with Crippen LogP contribution in [0.5, 0.6) is 0 Å². The van der Waals surface area contributed by atoms with E-state index in [1.807, 2.05) is 7.05 Å². The van der Waals surface area contributed by atoms with Crippen LogP contribution in [0.4, 0.5) is 0 Å². The zero-order valence-electron chi connectivity index (χ0n) is 11.0. The molecule has 0 radical (unpaired) electrons. The first kappa shape index (κ1) is 15.2. The van der Waals surface area contributed by atoms with E-state index in [1.54, 1.807) is 0 Å². The molecule has 1 rings (SSSR count). The number of hydrogen-bond acceptors (Lipinski definition) is 5. The van der Waals surface area contributed by atoms with E-state index >= 15 is 0 Å². The monoisotopic (exact) mass is 277 g/mol. The predicted octanol–water partition coefficient (Wildman–Crippen LogP) is 0.411. The highest BCUT2D eigenvalue weighted by Gasteiger charge is 2.30. The van der Waals surface area contributed by atoms with Gasteiger partial charge in [-0.3, -0.25) is 0 Å². The third kappa shape index (κ3) is 4.45. The minimum atomic E-state index is -2.94. The van der Waals surface area contributed by atoms with Crippen molar-refractivity contribution in [1.29, 1.82) is 0 Å². The van der Waals surface area contributed by atoms with Gasteiger partial charge in [0, 0.05) is 25.3 Å². The Morgan fingerprint density at radius 3 is 2.72 bits per heavy atom. The summed E-state index contributed by atoms with van der Waals surface area (Å²) < 4.78 is 23.2. The van der Waals surface area contributed by atoms with Crippen LogP contribution in [0.3, 0.4) is 0 Å². The Kier molecular flexibility index (Phi) is 5.40. The number of oxime groups is 1. The van der Waals surface area contributed by atoms with Gasteiger partial charge in [-0.05, 0) is 26.3 Å². The van der Waals surface area contributed by atoms with Crippen molar-refractivity contribution < 1.29 is 13.6 Å². The van der Waals surface area contributed by atoms with Gasteiger partial charge in [-0.15, -0.1) is 0 Å². The Morgan fingerprint density at radius 2 is 2.17 bits per heavy atom. The lowest BCUT2D eigenvalue weighted by atomic mass is 9.94. The summed E-state index contributed by atoms with van der Waals surface area (Å²) in [5.41, 5.74) is 5.42. The van der Waals surface area contributed by atoms with Gasteiger partial charge < -0.3 is 15.8 Å². The molecule has 0 aromatic heterocycles. The third-order valence-corrected chi connectivity index (χ3v) is 5.32. The van der Waals surface area contributed by atoms with Crippen LogP contribution in [0.2, 0.25) is 0 Å². The normalized spacial score (nSPS) is 26.5. The Labute approximate surface area is 109 Å². The average Bonchev–Trinajstić information content (AvgIpc) is 2.34. The molecular weight excluding hydrogens is 254 g/mol. The van der Waals surface area contributed by atoms with Crippen LogP contribution >= 0.6 is 0 Å². The first-order valence-corrected chi connectivity index (χ1v) is 8.15. The topological polar surface area (TPSA) is 96.0 Å². The highest BCUT2D eigenvalue weighted by Crippen LogP contribution is 2.26. The van der Waals surface area contributed by atoms with E-state index in [-0.39, 0.29) is 17.1 Å². The second kappa shape index (κ2) is 6.38. The third-order valence-electron chi connectivity index (χ3n) is 3.68. The van der Waals surface area contributed by atoms with E-state index in [9.17, 15) is 8.42 Å². The molecule has 1 fully saturated rings. The maximum atomic E-state index is 11.6. The van der Waals surface area contributed by atoms with Crippen molar-refractivity contribution in [1.82, 2.24) is 4.90 Å². The zero-order valence-corrected chi connectivity index (χ0v) is 11.9. The van der Waals surface area contributed by atoms with Crippen molar-refractivity contribution in [3.8, 4) is 0 Å².